The van der Waals surface area contributed by atoms with Gasteiger partial charge in [-0.1, -0.05) is 19.1 Å². The second kappa shape index (κ2) is 6.13. The molecule has 1 aromatic carbocycles. The zero-order chi connectivity index (χ0) is 11.3. The third-order valence-corrected chi connectivity index (χ3v) is 3.05. The fourth-order valence-corrected chi connectivity index (χ4v) is 2.16. The van der Waals surface area contributed by atoms with Crippen LogP contribution in [-0.4, -0.2) is 18.6 Å². The first-order valence-electron chi connectivity index (χ1n) is 5.17. The number of thioether (sulfide) groups is 1. The van der Waals surface area contributed by atoms with Gasteiger partial charge in [0.2, 0.25) is 0 Å². The minimum atomic E-state index is -0.114. The molecule has 3 heteroatoms. The normalized spacial score (nSPS) is 12.8. The van der Waals surface area contributed by atoms with Crippen LogP contribution in [0.3, 0.4) is 0 Å². The van der Waals surface area contributed by atoms with Crippen LogP contribution < -0.4 is 5.32 Å². The second-order valence-electron chi connectivity index (χ2n) is 3.57. The summed E-state index contributed by atoms with van der Waals surface area (Å²) in [6.07, 6.45) is 2.06. The van der Waals surface area contributed by atoms with Gasteiger partial charge >= 0.3 is 0 Å². The van der Waals surface area contributed by atoms with Gasteiger partial charge in [0.1, 0.15) is 5.82 Å². The van der Waals surface area contributed by atoms with Crippen molar-refractivity contribution in [3.05, 3.63) is 35.1 Å². The molecule has 15 heavy (non-hydrogen) atoms. The number of nitrogens with one attached hydrogen (secondary N) is 1. The van der Waals surface area contributed by atoms with E-state index in [-0.39, 0.29) is 11.9 Å². The lowest BCUT2D eigenvalue weighted by molar-refractivity contribution is 0.585. The van der Waals surface area contributed by atoms with Crippen molar-refractivity contribution in [1.82, 2.24) is 5.32 Å². The second-order valence-corrected chi connectivity index (χ2v) is 4.48. The minimum absolute atomic E-state index is 0.114. The number of rotatable bonds is 5. The highest BCUT2D eigenvalue weighted by Gasteiger charge is 2.10. The van der Waals surface area contributed by atoms with Crippen LogP contribution in [0.2, 0.25) is 0 Å². The highest BCUT2D eigenvalue weighted by Crippen LogP contribution is 2.19. The minimum Gasteiger partial charge on any atom is -0.310 e. The molecule has 0 radical (unpaired) electrons. The summed E-state index contributed by atoms with van der Waals surface area (Å²) in [5.74, 6) is 0.854. The Morgan fingerprint density at radius 3 is 2.73 bits per heavy atom. The average molecular weight is 227 g/mol. The number of benzene rings is 1. The van der Waals surface area contributed by atoms with Gasteiger partial charge in [-0.25, -0.2) is 4.39 Å². The van der Waals surface area contributed by atoms with Crippen molar-refractivity contribution < 1.29 is 4.39 Å². The van der Waals surface area contributed by atoms with E-state index in [1.165, 1.54) is 0 Å². The van der Waals surface area contributed by atoms with Gasteiger partial charge in [-0.3, -0.25) is 0 Å². The van der Waals surface area contributed by atoms with E-state index >= 15 is 0 Å². The summed E-state index contributed by atoms with van der Waals surface area (Å²) in [5, 5.41) is 3.36. The van der Waals surface area contributed by atoms with E-state index in [4.69, 9.17) is 0 Å². The maximum Gasteiger partial charge on any atom is 0.126 e. The standard InChI is InChI=1S/C12H18FNS/c1-4-14-12(8-15-3)10-6-5-9(2)11(13)7-10/h5-7,12,14H,4,8H2,1-3H3. The van der Waals surface area contributed by atoms with Gasteiger partial charge in [0.15, 0.2) is 0 Å². The molecule has 1 atom stereocenters. The molecule has 0 spiro atoms. The lowest BCUT2D eigenvalue weighted by atomic mass is 10.1. The Morgan fingerprint density at radius 2 is 2.20 bits per heavy atom. The van der Waals surface area contributed by atoms with Crippen LogP contribution in [0.25, 0.3) is 0 Å². The summed E-state index contributed by atoms with van der Waals surface area (Å²) in [6.45, 7) is 4.76. The maximum atomic E-state index is 13.4. The fraction of sp³-hybridized carbons (Fsp3) is 0.500. The topological polar surface area (TPSA) is 12.0 Å². The van der Waals surface area contributed by atoms with E-state index < -0.39 is 0 Å². The molecule has 1 N–H and O–H groups in total. The Kier molecular flexibility index (Phi) is 5.12. The molecule has 1 unspecified atom stereocenters. The lowest BCUT2D eigenvalue weighted by Crippen LogP contribution is -2.23. The molecular weight excluding hydrogens is 209 g/mol. The number of hydrogen-bond donors (Lipinski definition) is 1. The average Bonchev–Trinajstić information content (AvgIpc) is 2.22. The van der Waals surface area contributed by atoms with E-state index in [0.29, 0.717) is 5.56 Å². The summed E-state index contributed by atoms with van der Waals surface area (Å²) in [6, 6.07) is 5.73. The lowest BCUT2D eigenvalue weighted by Gasteiger charge is -2.17. The first kappa shape index (κ1) is 12.5. The highest BCUT2D eigenvalue weighted by atomic mass is 32.2. The van der Waals surface area contributed by atoms with Crippen LogP contribution in [0.5, 0.6) is 0 Å². The molecular formula is C12H18FNS. The van der Waals surface area contributed by atoms with Crippen LogP contribution in [0.15, 0.2) is 18.2 Å². The van der Waals surface area contributed by atoms with E-state index in [1.54, 1.807) is 24.8 Å². The quantitative estimate of drug-likeness (QED) is 0.829. The van der Waals surface area contributed by atoms with Crippen molar-refractivity contribution >= 4 is 11.8 Å². The van der Waals surface area contributed by atoms with Gasteiger partial charge in [0.25, 0.3) is 0 Å². The van der Waals surface area contributed by atoms with Crippen molar-refractivity contribution in [2.24, 2.45) is 0 Å². The molecule has 0 saturated carbocycles. The van der Waals surface area contributed by atoms with Crippen LogP contribution >= 0.6 is 11.8 Å². The molecule has 0 bridgehead atoms. The Bertz CT molecular complexity index is 308. The Hall–Kier alpha value is -0.540. The first-order chi connectivity index (χ1) is 7.19. The van der Waals surface area contributed by atoms with E-state index in [9.17, 15) is 4.39 Å². The van der Waals surface area contributed by atoms with Crippen LogP contribution in [0.1, 0.15) is 24.1 Å². The van der Waals surface area contributed by atoms with Crippen LogP contribution in [0, 0.1) is 12.7 Å². The smallest absolute Gasteiger partial charge is 0.126 e. The highest BCUT2D eigenvalue weighted by molar-refractivity contribution is 7.98. The molecule has 0 amide bonds. The Balaban J connectivity index is 2.85. The molecule has 1 rings (SSSR count). The molecule has 0 saturated heterocycles. The summed E-state index contributed by atoms with van der Waals surface area (Å²) in [5.41, 5.74) is 1.74. The molecule has 84 valence electrons. The van der Waals surface area contributed by atoms with E-state index in [0.717, 1.165) is 17.9 Å². The zero-order valence-electron chi connectivity index (χ0n) is 9.51. The van der Waals surface area contributed by atoms with E-state index in [1.807, 2.05) is 12.1 Å². The fourth-order valence-electron chi connectivity index (χ4n) is 1.51. The number of aryl methyl sites for hydroxylation is 1. The van der Waals surface area contributed by atoms with Crippen molar-refractivity contribution in [3.8, 4) is 0 Å². The summed E-state index contributed by atoms with van der Waals surface area (Å²) in [4.78, 5) is 0. The van der Waals surface area contributed by atoms with Crippen molar-refractivity contribution in [2.45, 2.75) is 19.9 Å². The van der Waals surface area contributed by atoms with Crippen molar-refractivity contribution in [2.75, 3.05) is 18.6 Å². The van der Waals surface area contributed by atoms with Crippen LogP contribution in [-0.2, 0) is 0 Å². The van der Waals surface area contributed by atoms with Gasteiger partial charge in [-0.15, -0.1) is 0 Å². The summed E-state index contributed by atoms with van der Waals surface area (Å²) >= 11 is 1.77. The molecule has 0 aromatic heterocycles. The molecule has 0 aliphatic heterocycles. The third-order valence-electron chi connectivity index (χ3n) is 2.38. The van der Waals surface area contributed by atoms with Crippen molar-refractivity contribution in [3.63, 3.8) is 0 Å². The number of hydrogen-bond acceptors (Lipinski definition) is 2. The van der Waals surface area contributed by atoms with Gasteiger partial charge < -0.3 is 5.32 Å². The molecule has 0 heterocycles. The molecule has 0 fully saturated rings. The van der Waals surface area contributed by atoms with Crippen molar-refractivity contribution in [1.29, 1.82) is 0 Å². The SMILES string of the molecule is CCNC(CSC)c1ccc(C)c(F)c1. The third kappa shape index (κ3) is 3.50. The Labute approximate surface area is 95.5 Å². The summed E-state index contributed by atoms with van der Waals surface area (Å²) in [7, 11) is 0. The molecule has 1 aromatic rings. The molecule has 0 aliphatic carbocycles. The predicted octanol–water partition coefficient (Wildman–Crippen LogP) is 3.15. The summed E-state index contributed by atoms with van der Waals surface area (Å²) < 4.78 is 13.4. The van der Waals surface area contributed by atoms with Crippen LogP contribution in [0.4, 0.5) is 4.39 Å². The molecule has 0 aliphatic rings. The van der Waals surface area contributed by atoms with Gasteiger partial charge in [-0.05, 0) is 36.9 Å². The monoisotopic (exact) mass is 227 g/mol. The largest absolute Gasteiger partial charge is 0.310 e. The first-order valence-corrected chi connectivity index (χ1v) is 6.56. The van der Waals surface area contributed by atoms with Gasteiger partial charge in [0, 0.05) is 11.8 Å². The van der Waals surface area contributed by atoms with Gasteiger partial charge in [0.05, 0.1) is 0 Å². The van der Waals surface area contributed by atoms with E-state index in [2.05, 4.69) is 18.5 Å². The Morgan fingerprint density at radius 1 is 1.47 bits per heavy atom. The predicted molar refractivity (Wildman–Crippen MR) is 65.9 cm³/mol. The number of halogens is 1. The zero-order valence-corrected chi connectivity index (χ0v) is 10.3. The maximum absolute atomic E-state index is 13.4. The van der Waals surface area contributed by atoms with Gasteiger partial charge in [-0.2, -0.15) is 11.8 Å². The molecule has 1 nitrogen and oxygen atoms in total.